The maximum Gasteiger partial charge on any atom is 0.167 e. The van der Waals surface area contributed by atoms with E-state index < -0.39 is 0 Å². The highest BCUT2D eigenvalue weighted by atomic mass is 16.3. The number of carbonyl (C=O) groups is 1. The van der Waals surface area contributed by atoms with E-state index in [9.17, 15) is 15.0 Å². The Bertz CT molecular complexity index is 435. The molecule has 1 atom stereocenters. The second kappa shape index (κ2) is 5.40. The quantitative estimate of drug-likeness (QED) is 0.567. The normalized spacial score (nSPS) is 13.3. The van der Waals surface area contributed by atoms with E-state index in [1.54, 1.807) is 0 Å². The van der Waals surface area contributed by atoms with Crippen molar-refractivity contribution in [2.75, 3.05) is 6.54 Å². The molecule has 0 aliphatic rings. The smallest absolute Gasteiger partial charge is 0.167 e. The molecule has 0 saturated carbocycles. The van der Waals surface area contributed by atoms with E-state index in [4.69, 9.17) is 0 Å². The largest absolute Gasteiger partial charge is 0.504 e. The maximum atomic E-state index is 12.1. The highest BCUT2D eigenvalue weighted by Gasteiger charge is 2.18. The second-order valence-corrected chi connectivity index (χ2v) is 5.60. The molecule has 0 aliphatic carbocycles. The van der Waals surface area contributed by atoms with E-state index in [0.717, 1.165) is 0 Å². The first kappa shape index (κ1) is 14.5. The zero-order chi connectivity index (χ0) is 13.9. The molecule has 0 radical (unpaired) electrons. The number of nitrogens with one attached hydrogen (secondary N) is 1. The van der Waals surface area contributed by atoms with Gasteiger partial charge in [0.2, 0.25) is 0 Å². The average Bonchev–Trinajstić information content (AvgIpc) is 2.27. The Morgan fingerprint density at radius 2 is 1.89 bits per heavy atom. The summed E-state index contributed by atoms with van der Waals surface area (Å²) in [7, 11) is 0. The van der Waals surface area contributed by atoms with Crippen molar-refractivity contribution in [2.24, 2.45) is 5.92 Å². The molecular weight excluding hydrogens is 230 g/mol. The van der Waals surface area contributed by atoms with Gasteiger partial charge in [-0.05, 0) is 39.0 Å². The number of phenols is 2. The summed E-state index contributed by atoms with van der Waals surface area (Å²) in [5.74, 6) is -0.723. The summed E-state index contributed by atoms with van der Waals surface area (Å²) < 4.78 is 0. The van der Waals surface area contributed by atoms with Gasteiger partial charge in [-0.3, -0.25) is 4.79 Å². The first-order valence-corrected chi connectivity index (χ1v) is 6.02. The van der Waals surface area contributed by atoms with Crippen molar-refractivity contribution in [3.05, 3.63) is 23.8 Å². The van der Waals surface area contributed by atoms with E-state index in [0.29, 0.717) is 12.1 Å². The lowest BCUT2D eigenvalue weighted by Crippen LogP contribution is -2.40. The van der Waals surface area contributed by atoms with Crippen LogP contribution in [0.4, 0.5) is 0 Å². The summed E-state index contributed by atoms with van der Waals surface area (Å²) in [6, 6.07) is 4.14. The number of Topliss-reactive ketones (excluding diaryl/α,β-unsaturated/α-hetero) is 1. The van der Waals surface area contributed by atoms with Crippen LogP contribution in [0, 0.1) is 5.92 Å². The van der Waals surface area contributed by atoms with Crippen molar-refractivity contribution in [3.8, 4) is 11.5 Å². The minimum Gasteiger partial charge on any atom is -0.504 e. The Morgan fingerprint density at radius 1 is 1.28 bits per heavy atom. The SMILES string of the molecule is CC(CNC(C)(C)C)C(=O)c1ccc(O)c(O)c1. The van der Waals surface area contributed by atoms with E-state index in [1.165, 1.54) is 18.2 Å². The molecule has 4 heteroatoms. The number of aromatic hydroxyl groups is 2. The Kier molecular flexibility index (Phi) is 4.35. The van der Waals surface area contributed by atoms with E-state index in [2.05, 4.69) is 5.32 Å². The van der Waals surface area contributed by atoms with Crippen molar-refractivity contribution >= 4 is 5.78 Å². The number of hydrogen-bond acceptors (Lipinski definition) is 4. The van der Waals surface area contributed by atoms with Gasteiger partial charge in [0, 0.05) is 23.6 Å². The van der Waals surface area contributed by atoms with Crippen molar-refractivity contribution in [2.45, 2.75) is 33.2 Å². The lowest BCUT2D eigenvalue weighted by Gasteiger charge is -2.23. The number of hydrogen-bond donors (Lipinski definition) is 3. The van der Waals surface area contributed by atoms with Gasteiger partial charge in [-0.1, -0.05) is 6.92 Å². The first-order valence-electron chi connectivity index (χ1n) is 6.02. The number of rotatable bonds is 4. The van der Waals surface area contributed by atoms with E-state index in [-0.39, 0.29) is 28.7 Å². The van der Waals surface area contributed by atoms with Crippen molar-refractivity contribution in [1.29, 1.82) is 0 Å². The summed E-state index contributed by atoms with van der Waals surface area (Å²) in [6.07, 6.45) is 0. The third kappa shape index (κ3) is 4.04. The molecule has 0 aromatic heterocycles. The fourth-order valence-corrected chi connectivity index (χ4v) is 1.51. The van der Waals surface area contributed by atoms with E-state index >= 15 is 0 Å². The lowest BCUT2D eigenvalue weighted by atomic mass is 9.97. The van der Waals surface area contributed by atoms with Crippen LogP contribution in [0.25, 0.3) is 0 Å². The number of ketones is 1. The molecule has 0 spiro atoms. The van der Waals surface area contributed by atoms with Gasteiger partial charge in [0.15, 0.2) is 17.3 Å². The Hall–Kier alpha value is -1.55. The molecule has 0 aliphatic heterocycles. The van der Waals surface area contributed by atoms with Crippen LogP contribution in [-0.2, 0) is 0 Å². The van der Waals surface area contributed by atoms with Gasteiger partial charge in [-0.2, -0.15) is 0 Å². The van der Waals surface area contributed by atoms with Crippen molar-refractivity contribution in [3.63, 3.8) is 0 Å². The van der Waals surface area contributed by atoms with Gasteiger partial charge < -0.3 is 15.5 Å². The van der Waals surface area contributed by atoms with Crippen molar-refractivity contribution < 1.29 is 15.0 Å². The van der Waals surface area contributed by atoms with Gasteiger partial charge in [0.25, 0.3) is 0 Å². The van der Waals surface area contributed by atoms with Crippen LogP contribution in [-0.4, -0.2) is 28.1 Å². The third-order valence-corrected chi connectivity index (χ3v) is 2.65. The van der Waals surface area contributed by atoms with Crippen LogP contribution in [0.5, 0.6) is 11.5 Å². The molecule has 0 amide bonds. The Morgan fingerprint density at radius 3 is 2.39 bits per heavy atom. The monoisotopic (exact) mass is 251 g/mol. The van der Waals surface area contributed by atoms with Crippen LogP contribution in [0.1, 0.15) is 38.1 Å². The molecule has 0 fully saturated rings. The molecule has 0 saturated heterocycles. The molecule has 100 valence electrons. The number of benzene rings is 1. The third-order valence-electron chi connectivity index (χ3n) is 2.65. The minimum absolute atomic E-state index is 0.0361. The topological polar surface area (TPSA) is 69.6 Å². The molecule has 1 aromatic carbocycles. The molecule has 1 aromatic rings. The minimum atomic E-state index is -0.267. The first-order chi connectivity index (χ1) is 8.20. The van der Waals surface area contributed by atoms with Gasteiger partial charge in [-0.15, -0.1) is 0 Å². The highest BCUT2D eigenvalue weighted by Crippen LogP contribution is 2.26. The zero-order valence-electron chi connectivity index (χ0n) is 11.3. The summed E-state index contributed by atoms with van der Waals surface area (Å²) in [5, 5.41) is 21.8. The molecular formula is C14H21NO3. The second-order valence-electron chi connectivity index (χ2n) is 5.60. The molecule has 4 nitrogen and oxygen atoms in total. The molecule has 18 heavy (non-hydrogen) atoms. The van der Waals surface area contributed by atoms with Crippen LogP contribution >= 0.6 is 0 Å². The Labute approximate surface area is 108 Å². The highest BCUT2D eigenvalue weighted by molar-refractivity contribution is 5.98. The lowest BCUT2D eigenvalue weighted by molar-refractivity contribution is 0.0924. The van der Waals surface area contributed by atoms with Crippen LogP contribution < -0.4 is 5.32 Å². The summed E-state index contributed by atoms with van der Waals surface area (Å²) in [6.45, 7) is 8.53. The average molecular weight is 251 g/mol. The molecule has 3 N–H and O–H groups in total. The molecule has 1 rings (SSSR count). The zero-order valence-corrected chi connectivity index (χ0v) is 11.3. The van der Waals surface area contributed by atoms with Gasteiger partial charge in [-0.25, -0.2) is 0 Å². The molecule has 1 unspecified atom stereocenters. The predicted molar refractivity (Wildman–Crippen MR) is 71.0 cm³/mol. The number of carbonyl (C=O) groups excluding carboxylic acids is 1. The van der Waals surface area contributed by atoms with Crippen LogP contribution in [0.15, 0.2) is 18.2 Å². The predicted octanol–water partition coefficient (Wildman–Crippen LogP) is 2.30. The fraction of sp³-hybridized carbons (Fsp3) is 0.500. The maximum absolute atomic E-state index is 12.1. The Balaban J connectivity index is 2.71. The standard InChI is InChI=1S/C14H21NO3/c1-9(8-15-14(2,3)4)13(18)10-5-6-11(16)12(17)7-10/h5-7,9,15-17H,8H2,1-4H3. The summed E-state index contributed by atoms with van der Waals surface area (Å²) in [5.41, 5.74) is 0.375. The summed E-state index contributed by atoms with van der Waals surface area (Å²) >= 11 is 0. The van der Waals surface area contributed by atoms with Crippen molar-refractivity contribution in [1.82, 2.24) is 5.32 Å². The van der Waals surface area contributed by atoms with Crippen LogP contribution in [0.3, 0.4) is 0 Å². The summed E-state index contributed by atoms with van der Waals surface area (Å²) in [4.78, 5) is 12.1. The van der Waals surface area contributed by atoms with Gasteiger partial charge in [0.1, 0.15) is 0 Å². The number of phenolic OH excluding ortho intramolecular Hbond substituents is 2. The fourth-order valence-electron chi connectivity index (χ4n) is 1.51. The molecule has 0 bridgehead atoms. The van der Waals surface area contributed by atoms with Gasteiger partial charge >= 0.3 is 0 Å². The van der Waals surface area contributed by atoms with Crippen LogP contribution in [0.2, 0.25) is 0 Å². The van der Waals surface area contributed by atoms with Gasteiger partial charge in [0.05, 0.1) is 0 Å². The van der Waals surface area contributed by atoms with E-state index in [1.807, 2.05) is 27.7 Å². The molecule has 0 heterocycles.